The number of benzene rings is 1. The molecular weight excluding hydrogens is 274 g/mol. The molecule has 1 aliphatic rings. The number of aliphatic hydroxyl groups is 1. The van der Waals surface area contributed by atoms with Gasteiger partial charge in [-0.05, 0) is 38.3 Å². The quantitative estimate of drug-likeness (QED) is 0.942. The van der Waals surface area contributed by atoms with E-state index in [1.807, 2.05) is 42.7 Å². The molecule has 2 heterocycles. The number of likely N-dealkylation sites (tertiary alicyclic amines) is 1. The molecule has 1 saturated heterocycles. The van der Waals surface area contributed by atoms with Gasteiger partial charge in [0.15, 0.2) is 5.82 Å². The van der Waals surface area contributed by atoms with Gasteiger partial charge in [0.2, 0.25) is 0 Å². The highest BCUT2D eigenvalue weighted by Crippen LogP contribution is 2.19. The Morgan fingerprint density at radius 1 is 1.05 bits per heavy atom. The van der Waals surface area contributed by atoms with Crippen LogP contribution in [0.4, 0.5) is 0 Å². The molecule has 1 aliphatic heterocycles. The summed E-state index contributed by atoms with van der Waals surface area (Å²) < 4.78 is 0. The van der Waals surface area contributed by atoms with E-state index in [9.17, 15) is 5.11 Å². The molecular formula is C18H23N3O. The number of hydrogen-bond acceptors (Lipinski definition) is 4. The summed E-state index contributed by atoms with van der Waals surface area (Å²) in [4.78, 5) is 11.4. The molecule has 2 aromatic rings. The van der Waals surface area contributed by atoms with Gasteiger partial charge in [-0.15, -0.1) is 0 Å². The lowest BCUT2D eigenvalue weighted by Crippen LogP contribution is -2.24. The minimum absolute atomic E-state index is 0.322. The van der Waals surface area contributed by atoms with E-state index in [4.69, 9.17) is 0 Å². The number of aromatic nitrogens is 2. The molecule has 1 fully saturated rings. The number of nitrogens with zero attached hydrogens (tertiary/aromatic N) is 3. The number of hydrogen-bond donors (Lipinski definition) is 1. The van der Waals surface area contributed by atoms with Crippen LogP contribution in [0.25, 0.3) is 11.4 Å². The highest BCUT2D eigenvalue weighted by molar-refractivity contribution is 5.53. The van der Waals surface area contributed by atoms with Crippen LogP contribution in [0.15, 0.2) is 42.7 Å². The highest BCUT2D eigenvalue weighted by Gasteiger charge is 2.16. The maximum absolute atomic E-state index is 9.29. The monoisotopic (exact) mass is 297 g/mol. The van der Waals surface area contributed by atoms with Gasteiger partial charge in [0.1, 0.15) is 0 Å². The van der Waals surface area contributed by atoms with Crippen molar-refractivity contribution in [3.05, 3.63) is 48.3 Å². The molecule has 22 heavy (non-hydrogen) atoms. The molecule has 0 aliphatic carbocycles. The van der Waals surface area contributed by atoms with Crippen LogP contribution < -0.4 is 0 Å². The first-order valence-corrected chi connectivity index (χ1v) is 8.04. The lowest BCUT2D eigenvalue weighted by molar-refractivity contribution is 0.207. The smallest absolute Gasteiger partial charge is 0.159 e. The Kier molecular flexibility index (Phi) is 5.14. The summed E-state index contributed by atoms with van der Waals surface area (Å²) in [5, 5.41) is 9.29. The minimum Gasteiger partial charge on any atom is -0.396 e. The van der Waals surface area contributed by atoms with Crippen molar-refractivity contribution < 1.29 is 5.11 Å². The molecule has 1 atom stereocenters. The Morgan fingerprint density at radius 2 is 1.82 bits per heavy atom. The number of rotatable bonds is 4. The molecule has 1 aromatic heterocycles. The fraction of sp³-hybridized carbons (Fsp3) is 0.444. The zero-order valence-electron chi connectivity index (χ0n) is 12.9. The van der Waals surface area contributed by atoms with Crippen LogP contribution in [0, 0.1) is 5.92 Å². The van der Waals surface area contributed by atoms with Crippen molar-refractivity contribution in [3.63, 3.8) is 0 Å². The standard InChI is InChI=1S/C18H23N3O/c22-14-15-5-4-9-21(10-8-15)13-16-11-19-18(20-12-16)17-6-2-1-3-7-17/h1-3,6-7,11-12,15,22H,4-5,8-10,13-14H2. The van der Waals surface area contributed by atoms with Crippen LogP contribution in [0.1, 0.15) is 24.8 Å². The predicted octanol–water partition coefficient (Wildman–Crippen LogP) is 2.74. The van der Waals surface area contributed by atoms with Gasteiger partial charge < -0.3 is 5.11 Å². The normalized spacial score (nSPS) is 19.8. The van der Waals surface area contributed by atoms with Crippen LogP contribution in [0.5, 0.6) is 0 Å². The van der Waals surface area contributed by atoms with Gasteiger partial charge in [-0.25, -0.2) is 9.97 Å². The van der Waals surface area contributed by atoms with Crippen molar-refractivity contribution in [2.75, 3.05) is 19.7 Å². The first-order valence-electron chi connectivity index (χ1n) is 8.04. The summed E-state index contributed by atoms with van der Waals surface area (Å²) in [6.45, 7) is 3.36. The van der Waals surface area contributed by atoms with Crippen LogP contribution in [0.3, 0.4) is 0 Å². The van der Waals surface area contributed by atoms with E-state index in [0.29, 0.717) is 12.5 Å². The van der Waals surface area contributed by atoms with Crippen LogP contribution >= 0.6 is 0 Å². The van der Waals surface area contributed by atoms with E-state index in [1.54, 1.807) is 0 Å². The highest BCUT2D eigenvalue weighted by atomic mass is 16.3. The van der Waals surface area contributed by atoms with Crippen molar-refractivity contribution in [3.8, 4) is 11.4 Å². The van der Waals surface area contributed by atoms with Crippen molar-refractivity contribution in [1.82, 2.24) is 14.9 Å². The molecule has 116 valence electrons. The Labute approximate surface area is 131 Å². The average Bonchev–Trinajstić information content (AvgIpc) is 2.81. The third-order valence-corrected chi connectivity index (χ3v) is 4.34. The van der Waals surface area contributed by atoms with Crippen LogP contribution in [0.2, 0.25) is 0 Å². The van der Waals surface area contributed by atoms with Gasteiger partial charge in [-0.1, -0.05) is 30.3 Å². The third kappa shape index (κ3) is 3.90. The summed E-state index contributed by atoms with van der Waals surface area (Å²) in [6, 6.07) is 10.1. The van der Waals surface area contributed by atoms with Gasteiger partial charge in [0, 0.05) is 36.7 Å². The molecule has 0 radical (unpaired) electrons. The predicted molar refractivity (Wildman–Crippen MR) is 87.2 cm³/mol. The molecule has 0 spiro atoms. The second-order valence-electron chi connectivity index (χ2n) is 6.04. The van der Waals surface area contributed by atoms with Gasteiger partial charge in [-0.2, -0.15) is 0 Å². The van der Waals surface area contributed by atoms with Gasteiger partial charge >= 0.3 is 0 Å². The van der Waals surface area contributed by atoms with Gasteiger partial charge in [0.05, 0.1) is 0 Å². The van der Waals surface area contributed by atoms with Crippen molar-refractivity contribution in [1.29, 1.82) is 0 Å². The second kappa shape index (κ2) is 7.47. The second-order valence-corrected chi connectivity index (χ2v) is 6.04. The fourth-order valence-electron chi connectivity index (χ4n) is 3.00. The number of aliphatic hydroxyl groups excluding tert-OH is 1. The fourth-order valence-corrected chi connectivity index (χ4v) is 3.00. The Hall–Kier alpha value is -1.78. The van der Waals surface area contributed by atoms with E-state index in [0.717, 1.165) is 55.8 Å². The van der Waals surface area contributed by atoms with E-state index >= 15 is 0 Å². The lowest BCUT2D eigenvalue weighted by atomic mass is 10.0. The third-order valence-electron chi connectivity index (χ3n) is 4.34. The summed E-state index contributed by atoms with van der Waals surface area (Å²) in [7, 11) is 0. The lowest BCUT2D eigenvalue weighted by Gasteiger charge is -2.19. The van der Waals surface area contributed by atoms with Crippen LogP contribution in [-0.2, 0) is 6.54 Å². The summed E-state index contributed by atoms with van der Waals surface area (Å²) in [5.74, 6) is 1.25. The largest absolute Gasteiger partial charge is 0.396 e. The van der Waals surface area contributed by atoms with Crippen molar-refractivity contribution in [2.24, 2.45) is 5.92 Å². The summed E-state index contributed by atoms with van der Waals surface area (Å²) in [6.07, 6.45) is 7.25. The molecule has 1 N–H and O–H groups in total. The first-order chi connectivity index (χ1) is 10.8. The summed E-state index contributed by atoms with van der Waals surface area (Å²) >= 11 is 0. The first kappa shape index (κ1) is 15.1. The van der Waals surface area contributed by atoms with Gasteiger partial charge in [-0.3, -0.25) is 4.90 Å². The SMILES string of the molecule is OCC1CCCN(Cc2cnc(-c3ccccc3)nc2)CC1. The molecule has 3 rings (SSSR count). The van der Waals surface area contributed by atoms with Crippen LogP contribution in [-0.4, -0.2) is 39.7 Å². The molecule has 4 heteroatoms. The topological polar surface area (TPSA) is 49.2 Å². The maximum Gasteiger partial charge on any atom is 0.159 e. The minimum atomic E-state index is 0.322. The molecule has 1 unspecified atom stereocenters. The van der Waals surface area contributed by atoms with E-state index < -0.39 is 0 Å². The average molecular weight is 297 g/mol. The van der Waals surface area contributed by atoms with Gasteiger partial charge in [0.25, 0.3) is 0 Å². The Morgan fingerprint density at radius 3 is 2.55 bits per heavy atom. The van der Waals surface area contributed by atoms with E-state index in [1.165, 1.54) is 0 Å². The zero-order chi connectivity index (χ0) is 15.2. The maximum atomic E-state index is 9.29. The molecule has 0 saturated carbocycles. The van der Waals surface area contributed by atoms with E-state index in [-0.39, 0.29) is 0 Å². The molecule has 4 nitrogen and oxygen atoms in total. The molecule has 0 amide bonds. The molecule has 0 bridgehead atoms. The Bertz CT molecular complexity index is 571. The van der Waals surface area contributed by atoms with E-state index in [2.05, 4.69) is 14.9 Å². The summed E-state index contributed by atoms with van der Waals surface area (Å²) in [5.41, 5.74) is 2.21. The Balaban J connectivity index is 1.61. The zero-order valence-corrected chi connectivity index (χ0v) is 12.9. The molecule has 1 aromatic carbocycles. The van der Waals surface area contributed by atoms with Crippen molar-refractivity contribution >= 4 is 0 Å². The van der Waals surface area contributed by atoms with Crippen molar-refractivity contribution in [2.45, 2.75) is 25.8 Å².